The minimum absolute atomic E-state index is 0.360. The molecule has 1 unspecified atom stereocenters. The number of Topliss-reactive ketones (excluding diaryl/α,β-unsaturated/α-hetero) is 1. The van der Waals surface area contributed by atoms with E-state index >= 15 is 0 Å². The van der Waals surface area contributed by atoms with E-state index in [1.807, 2.05) is 0 Å². The maximum Gasteiger partial charge on any atom is 0.159 e. The molecule has 0 aliphatic heterocycles. The predicted molar refractivity (Wildman–Crippen MR) is 78.5 cm³/mol. The molecular formula is C17H26O. The number of carbonyl (C=O) groups is 1. The van der Waals surface area contributed by atoms with Crippen LogP contribution >= 0.6 is 0 Å². The van der Waals surface area contributed by atoms with E-state index in [1.54, 1.807) is 0 Å². The van der Waals surface area contributed by atoms with Crippen LogP contribution in [0, 0.1) is 5.92 Å². The Bertz CT molecular complexity index is 399. The highest BCUT2D eigenvalue weighted by Gasteiger charge is 2.24. The summed E-state index contributed by atoms with van der Waals surface area (Å²) in [6.45, 7) is 10.6. The average Bonchev–Trinajstić information content (AvgIpc) is 2.27. The van der Waals surface area contributed by atoms with Gasteiger partial charge in [0.1, 0.15) is 0 Å². The minimum atomic E-state index is 0.360. The molecule has 0 radical (unpaired) electrons. The van der Waals surface area contributed by atoms with E-state index in [1.165, 1.54) is 16.7 Å². The predicted octanol–water partition coefficient (Wildman–Crippen LogP) is 4.99. The van der Waals surface area contributed by atoms with Crippen molar-refractivity contribution in [3.05, 3.63) is 34.4 Å². The standard InChI is InChI=1S/C17H26O/c1-12(2)6-8-15-9-11-17(18)16(14(15)5)10-7-13(3)4/h6-7,15H,8-11H2,1-5H3. The Morgan fingerprint density at radius 2 is 1.78 bits per heavy atom. The topological polar surface area (TPSA) is 17.1 Å². The van der Waals surface area contributed by atoms with E-state index < -0.39 is 0 Å². The second-order valence-corrected chi connectivity index (χ2v) is 5.82. The van der Waals surface area contributed by atoms with Gasteiger partial charge >= 0.3 is 0 Å². The molecule has 1 atom stereocenters. The molecule has 0 fully saturated rings. The summed E-state index contributed by atoms with van der Waals surface area (Å²) in [5.41, 5.74) is 5.04. The lowest BCUT2D eigenvalue weighted by Crippen LogP contribution is -2.18. The molecule has 0 saturated carbocycles. The molecule has 1 aliphatic rings. The highest BCUT2D eigenvalue weighted by molar-refractivity contribution is 5.97. The van der Waals surface area contributed by atoms with Crippen molar-refractivity contribution >= 4 is 5.78 Å². The van der Waals surface area contributed by atoms with E-state index in [2.05, 4.69) is 46.8 Å². The third-order valence-corrected chi connectivity index (χ3v) is 3.67. The number of hydrogen-bond donors (Lipinski definition) is 0. The third kappa shape index (κ3) is 4.29. The largest absolute Gasteiger partial charge is 0.295 e. The molecule has 0 N–H and O–H groups in total. The van der Waals surface area contributed by atoms with E-state index in [4.69, 9.17) is 0 Å². The van der Waals surface area contributed by atoms with Gasteiger partial charge in [-0.2, -0.15) is 0 Å². The van der Waals surface area contributed by atoms with E-state index in [-0.39, 0.29) is 0 Å². The van der Waals surface area contributed by atoms with Crippen molar-refractivity contribution in [3.63, 3.8) is 0 Å². The van der Waals surface area contributed by atoms with Gasteiger partial charge < -0.3 is 0 Å². The van der Waals surface area contributed by atoms with Gasteiger partial charge in [-0.05, 0) is 65.4 Å². The van der Waals surface area contributed by atoms with Crippen molar-refractivity contribution in [3.8, 4) is 0 Å². The zero-order chi connectivity index (χ0) is 13.7. The molecule has 1 heteroatoms. The molecule has 1 aliphatic carbocycles. The molecule has 0 aromatic carbocycles. The van der Waals surface area contributed by atoms with Gasteiger partial charge in [-0.1, -0.05) is 28.9 Å². The number of hydrogen-bond acceptors (Lipinski definition) is 1. The second-order valence-electron chi connectivity index (χ2n) is 5.82. The number of carbonyl (C=O) groups excluding carboxylic acids is 1. The summed E-state index contributed by atoms with van der Waals surface area (Å²) >= 11 is 0. The van der Waals surface area contributed by atoms with Crippen LogP contribution in [0.4, 0.5) is 0 Å². The number of rotatable bonds is 4. The van der Waals surface area contributed by atoms with Gasteiger partial charge in [0.2, 0.25) is 0 Å². The Morgan fingerprint density at radius 3 is 2.33 bits per heavy atom. The molecule has 0 amide bonds. The first kappa shape index (κ1) is 14.9. The summed E-state index contributed by atoms with van der Waals surface area (Å²) < 4.78 is 0. The lowest BCUT2D eigenvalue weighted by molar-refractivity contribution is -0.116. The fourth-order valence-electron chi connectivity index (χ4n) is 2.39. The van der Waals surface area contributed by atoms with Gasteiger partial charge in [0, 0.05) is 6.42 Å². The Kier molecular flexibility index (Phi) is 5.58. The van der Waals surface area contributed by atoms with E-state index in [0.717, 1.165) is 31.3 Å². The summed E-state index contributed by atoms with van der Waals surface area (Å²) in [6, 6.07) is 0. The molecule has 0 bridgehead atoms. The first-order valence-corrected chi connectivity index (χ1v) is 6.91. The second kappa shape index (κ2) is 6.72. The first-order chi connectivity index (χ1) is 8.41. The number of ketones is 1. The van der Waals surface area contributed by atoms with Crippen LogP contribution in [0.5, 0.6) is 0 Å². The summed E-state index contributed by atoms with van der Waals surface area (Å²) in [4.78, 5) is 12.0. The molecule has 0 saturated heterocycles. The van der Waals surface area contributed by atoms with Crippen molar-refractivity contribution in [2.24, 2.45) is 5.92 Å². The maximum atomic E-state index is 12.0. The first-order valence-electron chi connectivity index (χ1n) is 6.91. The molecule has 0 aromatic heterocycles. The van der Waals surface area contributed by atoms with Crippen LogP contribution in [-0.2, 0) is 4.79 Å². The van der Waals surface area contributed by atoms with E-state index in [0.29, 0.717) is 11.7 Å². The summed E-state index contributed by atoms with van der Waals surface area (Å²) in [5.74, 6) is 0.927. The molecule has 18 heavy (non-hydrogen) atoms. The highest BCUT2D eigenvalue weighted by Crippen LogP contribution is 2.32. The van der Waals surface area contributed by atoms with Gasteiger partial charge in [0.25, 0.3) is 0 Å². The van der Waals surface area contributed by atoms with Crippen LogP contribution in [-0.4, -0.2) is 5.78 Å². The molecule has 1 rings (SSSR count). The van der Waals surface area contributed by atoms with Crippen molar-refractivity contribution in [2.45, 2.75) is 60.3 Å². The minimum Gasteiger partial charge on any atom is -0.295 e. The molecular weight excluding hydrogens is 220 g/mol. The Labute approximate surface area is 112 Å². The monoisotopic (exact) mass is 246 g/mol. The third-order valence-electron chi connectivity index (χ3n) is 3.67. The van der Waals surface area contributed by atoms with Crippen molar-refractivity contribution < 1.29 is 4.79 Å². The lowest BCUT2D eigenvalue weighted by atomic mass is 9.79. The van der Waals surface area contributed by atoms with Crippen LogP contribution in [0.25, 0.3) is 0 Å². The molecule has 0 aromatic rings. The maximum absolute atomic E-state index is 12.0. The van der Waals surface area contributed by atoms with Crippen LogP contribution in [0.2, 0.25) is 0 Å². The van der Waals surface area contributed by atoms with E-state index in [9.17, 15) is 4.79 Å². The molecule has 1 nitrogen and oxygen atoms in total. The van der Waals surface area contributed by atoms with Crippen molar-refractivity contribution in [2.75, 3.05) is 0 Å². The Balaban J connectivity index is 2.87. The summed E-state index contributed by atoms with van der Waals surface area (Å²) in [7, 11) is 0. The normalized spacial score (nSPS) is 19.8. The van der Waals surface area contributed by atoms with Crippen molar-refractivity contribution in [1.29, 1.82) is 0 Å². The lowest BCUT2D eigenvalue weighted by Gasteiger charge is -2.24. The molecule has 0 heterocycles. The van der Waals surface area contributed by atoms with Gasteiger partial charge in [-0.15, -0.1) is 0 Å². The smallest absolute Gasteiger partial charge is 0.159 e. The Hall–Kier alpha value is -1.11. The van der Waals surface area contributed by atoms with Crippen LogP contribution in [0.3, 0.4) is 0 Å². The van der Waals surface area contributed by atoms with Gasteiger partial charge in [-0.25, -0.2) is 0 Å². The summed E-state index contributed by atoms with van der Waals surface area (Å²) in [6.07, 6.45) is 8.11. The van der Waals surface area contributed by atoms with Gasteiger partial charge in [-0.3, -0.25) is 4.79 Å². The van der Waals surface area contributed by atoms with Crippen LogP contribution in [0.1, 0.15) is 60.3 Å². The van der Waals surface area contributed by atoms with Gasteiger partial charge in [0.05, 0.1) is 0 Å². The van der Waals surface area contributed by atoms with Crippen LogP contribution < -0.4 is 0 Å². The van der Waals surface area contributed by atoms with Gasteiger partial charge in [0.15, 0.2) is 5.78 Å². The summed E-state index contributed by atoms with van der Waals surface area (Å²) in [5, 5.41) is 0. The van der Waals surface area contributed by atoms with Crippen molar-refractivity contribution in [1.82, 2.24) is 0 Å². The highest BCUT2D eigenvalue weighted by atomic mass is 16.1. The Morgan fingerprint density at radius 1 is 1.17 bits per heavy atom. The zero-order valence-electron chi connectivity index (χ0n) is 12.5. The SMILES string of the molecule is CC(C)=CCC1=C(C)C(CC=C(C)C)CCC1=O. The fraction of sp³-hybridized carbons (Fsp3) is 0.588. The quantitative estimate of drug-likeness (QED) is 0.638. The number of allylic oxidation sites excluding steroid dienone is 6. The average molecular weight is 246 g/mol. The molecule has 100 valence electrons. The fourth-order valence-corrected chi connectivity index (χ4v) is 2.39. The molecule has 0 spiro atoms. The van der Waals surface area contributed by atoms with Crippen LogP contribution in [0.15, 0.2) is 34.4 Å². The zero-order valence-corrected chi connectivity index (χ0v) is 12.5.